The summed E-state index contributed by atoms with van der Waals surface area (Å²) in [5, 5.41) is 7.16. The van der Waals surface area contributed by atoms with Crippen molar-refractivity contribution < 1.29 is 9.32 Å². The third-order valence-electron chi connectivity index (χ3n) is 2.33. The molecule has 0 unspecified atom stereocenters. The van der Waals surface area contributed by atoms with Crippen LogP contribution in [-0.4, -0.2) is 23.4 Å². The molecule has 1 heterocycles. The number of carbonyl (C=O) groups excluding carboxylic acids is 1. The van der Waals surface area contributed by atoms with Gasteiger partial charge in [0.1, 0.15) is 5.76 Å². The smallest absolute Gasteiger partial charge is 0.273 e. The first-order valence-corrected chi connectivity index (χ1v) is 7.11. The van der Waals surface area contributed by atoms with Gasteiger partial charge in [0.25, 0.3) is 5.91 Å². The highest BCUT2D eigenvalue weighted by atomic mass is 35.5. The van der Waals surface area contributed by atoms with Gasteiger partial charge in [-0.1, -0.05) is 16.8 Å². The number of thioether (sulfide) groups is 1. The molecule has 0 fully saturated rings. The Labute approximate surface area is 120 Å². The van der Waals surface area contributed by atoms with Crippen LogP contribution in [0.5, 0.6) is 0 Å². The molecule has 1 amide bonds. The Morgan fingerprint density at radius 1 is 1.42 bits per heavy atom. The zero-order valence-corrected chi connectivity index (χ0v) is 11.9. The van der Waals surface area contributed by atoms with E-state index in [1.807, 2.05) is 24.3 Å². The topological polar surface area (TPSA) is 55.1 Å². The monoisotopic (exact) mass is 296 g/mol. The lowest BCUT2D eigenvalue weighted by Crippen LogP contribution is -2.25. The van der Waals surface area contributed by atoms with Crippen LogP contribution in [0, 0.1) is 6.92 Å². The van der Waals surface area contributed by atoms with Gasteiger partial charge in [-0.3, -0.25) is 4.79 Å². The minimum Gasteiger partial charge on any atom is -0.361 e. The van der Waals surface area contributed by atoms with Crippen molar-refractivity contribution in [1.82, 2.24) is 10.5 Å². The molecule has 0 saturated carbocycles. The van der Waals surface area contributed by atoms with E-state index in [-0.39, 0.29) is 5.91 Å². The molecule has 0 bridgehead atoms. The summed E-state index contributed by atoms with van der Waals surface area (Å²) in [6, 6.07) is 9.22. The molecule has 0 radical (unpaired) electrons. The second kappa shape index (κ2) is 6.63. The van der Waals surface area contributed by atoms with E-state index in [0.29, 0.717) is 18.0 Å². The molecule has 0 saturated heterocycles. The highest BCUT2D eigenvalue weighted by molar-refractivity contribution is 7.99. The summed E-state index contributed by atoms with van der Waals surface area (Å²) in [5.74, 6) is 1.19. The zero-order chi connectivity index (χ0) is 13.7. The van der Waals surface area contributed by atoms with Crippen molar-refractivity contribution in [2.45, 2.75) is 11.8 Å². The Morgan fingerprint density at radius 3 is 2.79 bits per heavy atom. The number of hydrogen-bond acceptors (Lipinski definition) is 4. The molecule has 19 heavy (non-hydrogen) atoms. The summed E-state index contributed by atoms with van der Waals surface area (Å²) in [7, 11) is 0. The normalized spacial score (nSPS) is 10.4. The molecule has 0 aliphatic rings. The molecule has 1 aromatic carbocycles. The Bertz CT molecular complexity index is 554. The molecule has 6 heteroatoms. The summed E-state index contributed by atoms with van der Waals surface area (Å²) < 4.78 is 4.84. The van der Waals surface area contributed by atoms with Crippen molar-refractivity contribution in [1.29, 1.82) is 0 Å². The van der Waals surface area contributed by atoms with E-state index >= 15 is 0 Å². The summed E-state index contributed by atoms with van der Waals surface area (Å²) in [5.41, 5.74) is 0.314. The molecule has 0 spiro atoms. The number of aryl methyl sites for hydroxylation is 1. The van der Waals surface area contributed by atoms with Gasteiger partial charge in [-0.05, 0) is 31.2 Å². The van der Waals surface area contributed by atoms with Crippen molar-refractivity contribution >= 4 is 29.3 Å². The second-order valence-electron chi connectivity index (χ2n) is 3.88. The Kier molecular flexibility index (Phi) is 4.87. The lowest BCUT2D eigenvalue weighted by molar-refractivity contribution is 0.0947. The number of halogens is 1. The van der Waals surface area contributed by atoms with Crippen LogP contribution < -0.4 is 5.32 Å². The highest BCUT2D eigenvalue weighted by Gasteiger charge is 2.09. The minimum atomic E-state index is -0.214. The van der Waals surface area contributed by atoms with Gasteiger partial charge in [0.2, 0.25) is 0 Å². The molecule has 4 nitrogen and oxygen atoms in total. The van der Waals surface area contributed by atoms with E-state index in [1.165, 1.54) is 0 Å². The van der Waals surface area contributed by atoms with Crippen LogP contribution in [0.25, 0.3) is 0 Å². The number of hydrogen-bond donors (Lipinski definition) is 1. The molecule has 1 aromatic heterocycles. The van der Waals surface area contributed by atoms with Gasteiger partial charge >= 0.3 is 0 Å². The fraction of sp³-hybridized carbons (Fsp3) is 0.231. The molecular formula is C13H13ClN2O2S. The number of carbonyl (C=O) groups is 1. The van der Waals surface area contributed by atoms with Crippen molar-refractivity contribution in [3.8, 4) is 0 Å². The predicted octanol–water partition coefficient (Wildman–Crippen LogP) is 3.16. The average molecular weight is 297 g/mol. The fourth-order valence-corrected chi connectivity index (χ4v) is 2.32. The lowest BCUT2D eigenvalue weighted by Gasteiger charge is -2.03. The van der Waals surface area contributed by atoms with Gasteiger partial charge in [-0.25, -0.2) is 0 Å². The van der Waals surface area contributed by atoms with E-state index < -0.39 is 0 Å². The van der Waals surface area contributed by atoms with Crippen LogP contribution in [0.2, 0.25) is 5.02 Å². The fourth-order valence-electron chi connectivity index (χ4n) is 1.43. The van der Waals surface area contributed by atoms with Crippen LogP contribution in [0.15, 0.2) is 39.8 Å². The number of nitrogens with one attached hydrogen (secondary N) is 1. The van der Waals surface area contributed by atoms with Gasteiger partial charge in [0.05, 0.1) is 0 Å². The zero-order valence-electron chi connectivity index (χ0n) is 10.4. The van der Waals surface area contributed by atoms with Gasteiger partial charge in [0.15, 0.2) is 5.69 Å². The quantitative estimate of drug-likeness (QED) is 0.680. The molecular weight excluding hydrogens is 284 g/mol. The van der Waals surface area contributed by atoms with Crippen LogP contribution >= 0.6 is 23.4 Å². The molecule has 0 atom stereocenters. The second-order valence-corrected chi connectivity index (χ2v) is 5.49. The maximum absolute atomic E-state index is 11.7. The van der Waals surface area contributed by atoms with Crippen molar-refractivity contribution in [2.75, 3.05) is 12.3 Å². The lowest BCUT2D eigenvalue weighted by atomic mass is 10.3. The third-order valence-corrected chi connectivity index (χ3v) is 3.60. The van der Waals surface area contributed by atoms with Gasteiger partial charge in [-0.2, -0.15) is 0 Å². The third kappa shape index (κ3) is 4.29. The minimum absolute atomic E-state index is 0.214. The van der Waals surface area contributed by atoms with E-state index in [9.17, 15) is 4.79 Å². The van der Waals surface area contributed by atoms with Crippen LogP contribution in [0.4, 0.5) is 0 Å². The number of aromatic nitrogens is 1. The van der Waals surface area contributed by atoms with Crippen molar-refractivity contribution in [3.05, 3.63) is 46.8 Å². The first-order chi connectivity index (χ1) is 9.15. The summed E-state index contributed by atoms with van der Waals surface area (Å²) in [6.07, 6.45) is 0. The maximum atomic E-state index is 11.7. The van der Waals surface area contributed by atoms with E-state index in [2.05, 4.69) is 10.5 Å². The first-order valence-electron chi connectivity index (χ1n) is 5.75. The molecule has 0 aliphatic carbocycles. The van der Waals surface area contributed by atoms with Crippen LogP contribution in [-0.2, 0) is 0 Å². The van der Waals surface area contributed by atoms with Crippen LogP contribution in [0.3, 0.4) is 0 Å². The van der Waals surface area contributed by atoms with E-state index in [4.69, 9.17) is 16.1 Å². The Balaban J connectivity index is 1.72. The summed E-state index contributed by atoms with van der Waals surface area (Å²) in [4.78, 5) is 12.8. The van der Waals surface area contributed by atoms with Gasteiger partial charge < -0.3 is 9.84 Å². The van der Waals surface area contributed by atoms with Crippen molar-refractivity contribution in [3.63, 3.8) is 0 Å². The van der Waals surface area contributed by atoms with E-state index in [0.717, 1.165) is 15.7 Å². The number of amides is 1. The SMILES string of the molecule is Cc1cc(C(=O)NCCSc2ccc(Cl)cc2)no1. The average Bonchev–Trinajstić information content (AvgIpc) is 2.83. The molecule has 2 aromatic rings. The van der Waals surface area contributed by atoms with Gasteiger partial charge in [-0.15, -0.1) is 11.8 Å². The molecule has 100 valence electrons. The number of benzene rings is 1. The Morgan fingerprint density at radius 2 is 2.16 bits per heavy atom. The number of nitrogens with zero attached hydrogens (tertiary/aromatic N) is 1. The highest BCUT2D eigenvalue weighted by Crippen LogP contribution is 2.19. The molecule has 1 N–H and O–H groups in total. The van der Waals surface area contributed by atoms with Crippen LogP contribution in [0.1, 0.15) is 16.2 Å². The van der Waals surface area contributed by atoms with Gasteiger partial charge in [0, 0.05) is 28.3 Å². The number of rotatable bonds is 5. The maximum Gasteiger partial charge on any atom is 0.273 e. The van der Waals surface area contributed by atoms with E-state index in [1.54, 1.807) is 24.8 Å². The predicted molar refractivity (Wildman–Crippen MR) is 75.7 cm³/mol. The molecule has 2 rings (SSSR count). The standard InChI is InChI=1S/C13H13ClN2O2S/c1-9-8-12(16-18-9)13(17)15-6-7-19-11-4-2-10(14)3-5-11/h2-5,8H,6-7H2,1H3,(H,15,17). The first kappa shape index (κ1) is 14.0. The summed E-state index contributed by atoms with van der Waals surface area (Å²) in [6.45, 7) is 2.32. The largest absolute Gasteiger partial charge is 0.361 e. The van der Waals surface area contributed by atoms with Crippen molar-refractivity contribution in [2.24, 2.45) is 0 Å². The Hall–Kier alpha value is -1.46. The summed E-state index contributed by atoms with van der Waals surface area (Å²) >= 11 is 7.46. The molecule has 0 aliphatic heterocycles.